The highest BCUT2D eigenvalue weighted by Gasteiger charge is 2.43. The number of epoxide rings is 1. The van der Waals surface area contributed by atoms with Crippen LogP contribution in [0, 0.1) is 10.1 Å². The number of nitro benzene ring substituents is 1. The molecule has 1 atom stereocenters. The van der Waals surface area contributed by atoms with Gasteiger partial charge in [0.1, 0.15) is 10.1 Å². The first-order valence-electron chi connectivity index (χ1n) is 4.12. The van der Waals surface area contributed by atoms with Gasteiger partial charge in [-0.25, -0.2) is 0 Å². The second-order valence-electron chi connectivity index (χ2n) is 3.42. The zero-order valence-corrected chi connectivity index (χ0v) is 9.08. The summed E-state index contributed by atoms with van der Waals surface area (Å²) in [6.45, 7) is 2.53. The molecule has 0 bridgehead atoms. The zero-order valence-electron chi connectivity index (χ0n) is 7.49. The standard InChI is InChI=1S/C9H8BrNO3/c1-9(5-14-9)6-3-2-4-7(8(6)10)11(12)13/h2-4H,5H2,1H3. The molecule has 74 valence electrons. The third-order valence-electron chi connectivity index (χ3n) is 2.32. The minimum absolute atomic E-state index is 0.0826. The highest BCUT2D eigenvalue weighted by Crippen LogP contribution is 2.44. The van der Waals surface area contributed by atoms with Gasteiger partial charge in [-0.15, -0.1) is 0 Å². The number of hydrogen-bond acceptors (Lipinski definition) is 3. The molecule has 0 saturated carbocycles. The summed E-state index contributed by atoms with van der Waals surface area (Å²) >= 11 is 3.24. The zero-order chi connectivity index (χ0) is 10.3. The van der Waals surface area contributed by atoms with Crippen LogP contribution in [0.15, 0.2) is 22.7 Å². The van der Waals surface area contributed by atoms with E-state index >= 15 is 0 Å². The van der Waals surface area contributed by atoms with Gasteiger partial charge < -0.3 is 4.74 Å². The lowest BCUT2D eigenvalue weighted by Crippen LogP contribution is -2.04. The van der Waals surface area contributed by atoms with E-state index in [0.29, 0.717) is 11.1 Å². The molecule has 0 aromatic heterocycles. The van der Waals surface area contributed by atoms with Gasteiger partial charge in [0.15, 0.2) is 0 Å². The number of hydrogen-bond donors (Lipinski definition) is 0. The molecule has 1 fully saturated rings. The van der Waals surface area contributed by atoms with E-state index < -0.39 is 4.92 Å². The van der Waals surface area contributed by atoms with Gasteiger partial charge in [0.2, 0.25) is 0 Å². The number of ether oxygens (including phenoxy) is 1. The highest BCUT2D eigenvalue weighted by molar-refractivity contribution is 9.10. The van der Waals surface area contributed by atoms with Crippen LogP contribution >= 0.6 is 15.9 Å². The predicted octanol–water partition coefficient (Wildman–Crippen LogP) is 2.60. The number of halogens is 1. The SMILES string of the molecule is CC1(c2cccc([N+](=O)[O-])c2Br)CO1. The van der Waals surface area contributed by atoms with Gasteiger partial charge in [-0.3, -0.25) is 10.1 Å². The Bertz CT molecular complexity index is 401. The van der Waals surface area contributed by atoms with E-state index in [0.717, 1.165) is 5.56 Å². The molecule has 4 nitrogen and oxygen atoms in total. The van der Waals surface area contributed by atoms with Gasteiger partial charge in [-0.05, 0) is 22.9 Å². The molecular weight excluding hydrogens is 250 g/mol. The van der Waals surface area contributed by atoms with Crippen LogP contribution in [-0.2, 0) is 10.3 Å². The van der Waals surface area contributed by atoms with Crippen LogP contribution in [0.25, 0.3) is 0 Å². The van der Waals surface area contributed by atoms with E-state index in [4.69, 9.17) is 4.74 Å². The van der Waals surface area contributed by atoms with Crippen molar-refractivity contribution < 1.29 is 9.66 Å². The largest absolute Gasteiger partial charge is 0.365 e. The molecule has 14 heavy (non-hydrogen) atoms. The summed E-state index contributed by atoms with van der Waals surface area (Å²) in [7, 11) is 0. The average molecular weight is 258 g/mol. The van der Waals surface area contributed by atoms with Gasteiger partial charge in [0, 0.05) is 11.6 Å². The Labute approximate surface area is 89.2 Å². The first-order valence-corrected chi connectivity index (χ1v) is 4.91. The van der Waals surface area contributed by atoms with Crippen molar-refractivity contribution in [2.75, 3.05) is 6.61 Å². The van der Waals surface area contributed by atoms with Crippen LogP contribution in [0.4, 0.5) is 5.69 Å². The number of rotatable bonds is 2. The minimum atomic E-state index is -0.403. The van der Waals surface area contributed by atoms with Crippen LogP contribution in [0.1, 0.15) is 12.5 Å². The Morgan fingerprint density at radius 1 is 1.64 bits per heavy atom. The quantitative estimate of drug-likeness (QED) is 0.465. The lowest BCUT2D eigenvalue weighted by molar-refractivity contribution is -0.385. The van der Waals surface area contributed by atoms with Crippen LogP contribution in [-0.4, -0.2) is 11.5 Å². The summed E-state index contributed by atoms with van der Waals surface area (Å²) in [5.41, 5.74) is 0.580. The Hall–Kier alpha value is -0.940. The van der Waals surface area contributed by atoms with Crippen LogP contribution in [0.2, 0.25) is 0 Å². The molecule has 5 heteroatoms. The maximum absolute atomic E-state index is 10.7. The molecular formula is C9H8BrNO3. The van der Waals surface area contributed by atoms with Crippen molar-refractivity contribution in [1.82, 2.24) is 0 Å². The van der Waals surface area contributed by atoms with Crippen molar-refractivity contribution in [3.8, 4) is 0 Å². The molecule has 0 amide bonds. The smallest absolute Gasteiger partial charge is 0.283 e. The number of nitro groups is 1. The molecule has 0 spiro atoms. The maximum Gasteiger partial charge on any atom is 0.283 e. The van der Waals surface area contributed by atoms with Gasteiger partial charge >= 0.3 is 0 Å². The molecule has 1 aromatic carbocycles. The predicted molar refractivity (Wildman–Crippen MR) is 54.1 cm³/mol. The third-order valence-corrected chi connectivity index (χ3v) is 3.16. The average Bonchev–Trinajstić information content (AvgIpc) is 2.84. The summed E-state index contributed by atoms with van der Waals surface area (Å²) in [5, 5.41) is 10.7. The normalized spacial score (nSPS) is 24.7. The number of nitrogens with zero attached hydrogens (tertiary/aromatic N) is 1. The Kier molecular flexibility index (Phi) is 2.08. The monoisotopic (exact) mass is 257 g/mol. The van der Waals surface area contributed by atoms with Crippen molar-refractivity contribution in [1.29, 1.82) is 0 Å². The molecule has 0 aliphatic carbocycles. The second kappa shape index (κ2) is 3.03. The number of benzene rings is 1. The summed E-state index contributed by atoms with van der Waals surface area (Å²) in [6.07, 6.45) is 0. The van der Waals surface area contributed by atoms with Gasteiger partial charge in [-0.2, -0.15) is 0 Å². The van der Waals surface area contributed by atoms with Gasteiger partial charge in [-0.1, -0.05) is 12.1 Å². The van der Waals surface area contributed by atoms with E-state index in [1.165, 1.54) is 6.07 Å². The van der Waals surface area contributed by atoms with Crippen molar-refractivity contribution in [2.24, 2.45) is 0 Å². The lowest BCUT2D eigenvalue weighted by Gasteiger charge is -2.07. The van der Waals surface area contributed by atoms with Crippen molar-refractivity contribution in [3.05, 3.63) is 38.3 Å². The fourth-order valence-corrected chi connectivity index (χ4v) is 2.16. The van der Waals surface area contributed by atoms with Crippen LogP contribution < -0.4 is 0 Å². The maximum atomic E-state index is 10.7. The Balaban J connectivity index is 2.52. The van der Waals surface area contributed by atoms with Crippen LogP contribution in [0.3, 0.4) is 0 Å². The molecule has 1 aliphatic heterocycles. The van der Waals surface area contributed by atoms with Crippen molar-refractivity contribution >= 4 is 21.6 Å². The van der Waals surface area contributed by atoms with E-state index in [-0.39, 0.29) is 11.3 Å². The van der Waals surface area contributed by atoms with Crippen molar-refractivity contribution in [2.45, 2.75) is 12.5 Å². The molecule has 1 unspecified atom stereocenters. The van der Waals surface area contributed by atoms with E-state index in [2.05, 4.69) is 15.9 Å². The molecule has 1 aromatic rings. The van der Waals surface area contributed by atoms with E-state index in [1.54, 1.807) is 6.07 Å². The molecule has 0 radical (unpaired) electrons. The second-order valence-corrected chi connectivity index (χ2v) is 4.21. The highest BCUT2D eigenvalue weighted by atomic mass is 79.9. The molecule has 0 N–H and O–H groups in total. The van der Waals surface area contributed by atoms with Crippen molar-refractivity contribution in [3.63, 3.8) is 0 Å². The summed E-state index contributed by atoms with van der Waals surface area (Å²) in [5.74, 6) is 0. The molecule has 1 saturated heterocycles. The van der Waals surface area contributed by atoms with Crippen LogP contribution in [0.5, 0.6) is 0 Å². The summed E-state index contributed by atoms with van der Waals surface area (Å²) < 4.78 is 5.76. The molecule has 1 heterocycles. The summed E-state index contributed by atoms with van der Waals surface area (Å²) in [4.78, 5) is 10.3. The Morgan fingerprint density at radius 3 is 2.79 bits per heavy atom. The van der Waals surface area contributed by atoms with E-state index in [9.17, 15) is 10.1 Å². The molecule has 1 aliphatic rings. The summed E-state index contributed by atoms with van der Waals surface area (Å²) in [6, 6.07) is 4.98. The van der Waals surface area contributed by atoms with Gasteiger partial charge in [0.05, 0.1) is 11.5 Å². The Morgan fingerprint density at radius 2 is 2.29 bits per heavy atom. The fourth-order valence-electron chi connectivity index (χ4n) is 1.33. The fraction of sp³-hybridized carbons (Fsp3) is 0.333. The first-order chi connectivity index (χ1) is 6.54. The minimum Gasteiger partial charge on any atom is -0.365 e. The van der Waals surface area contributed by atoms with Gasteiger partial charge in [0.25, 0.3) is 5.69 Å². The van der Waals surface area contributed by atoms with E-state index in [1.807, 2.05) is 13.0 Å². The first kappa shape index (κ1) is 9.61. The topological polar surface area (TPSA) is 55.7 Å². The lowest BCUT2D eigenvalue weighted by atomic mass is 10.0. The third kappa shape index (κ3) is 1.42. The molecule has 2 rings (SSSR count).